The zero-order valence-electron chi connectivity index (χ0n) is 8.67. The summed E-state index contributed by atoms with van der Waals surface area (Å²) in [6.45, 7) is 4.50. The lowest BCUT2D eigenvalue weighted by atomic mass is 10.3. The van der Waals surface area contributed by atoms with E-state index in [1.54, 1.807) is 0 Å². The van der Waals surface area contributed by atoms with Crippen molar-refractivity contribution >= 4 is 8.60 Å². The first-order valence-electron chi connectivity index (χ1n) is 4.55. The third-order valence-corrected chi connectivity index (χ3v) is 1.74. The molecule has 0 aromatic heterocycles. The number of rotatable bonds is 3. The maximum Gasteiger partial charge on any atom is 0.324 e. The van der Waals surface area contributed by atoms with E-state index >= 15 is 0 Å². The van der Waals surface area contributed by atoms with Gasteiger partial charge in [0.15, 0.2) is 0 Å². The zero-order valence-corrected chi connectivity index (χ0v) is 9.56. The molecule has 0 spiro atoms. The number of unbranched alkanes of at least 4 members (excludes halogenated alkanes) is 1. The van der Waals surface area contributed by atoms with Crippen LogP contribution in [0.25, 0.3) is 0 Å². The van der Waals surface area contributed by atoms with Crippen LogP contribution in [0.2, 0.25) is 0 Å². The molecule has 1 heterocycles. The van der Waals surface area contributed by atoms with Crippen LogP contribution in [0.4, 0.5) is 0 Å². The fourth-order valence-electron chi connectivity index (χ4n) is 1.10. The molecular formula is C8H19N2O3P. The Morgan fingerprint density at radius 3 is 2.21 bits per heavy atom. The molecule has 0 unspecified atom stereocenters. The highest BCUT2D eigenvalue weighted by Crippen LogP contribution is 2.11. The van der Waals surface area contributed by atoms with E-state index in [1.165, 1.54) is 19.4 Å². The summed E-state index contributed by atoms with van der Waals surface area (Å²) < 4.78 is 0. The van der Waals surface area contributed by atoms with E-state index in [4.69, 9.17) is 14.7 Å². The van der Waals surface area contributed by atoms with Gasteiger partial charge in [0.2, 0.25) is 0 Å². The smallest absolute Gasteiger partial charge is 0.324 e. The minimum absolute atomic E-state index is 1.07. The Hall–Kier alpha value is -0.350. The van der Waals surface area contributed by atoms with Gasteiger partial charge in [0, 0.05) is 26.0 Å². The van der Waals surface area contributed by atoms with Crippen LogP contribution >= 0.6 is 8.60 Å². The highest BCUT2D eigenvalue weighted by molar-refractivity contribution is 7.38. The van der Waals surface area contributed by atoms with Crippen LogP contribution in [-0.4, -0.2) is 44.7 Å². The van der Waals surface area contributed by atoms with Gasteiger partial charge in [-0.2, -0.15) is 0 Å². The van der Waals surface area contributed by atoms with Gasteiger partial charge in [0.05, 0.1) is 6.67 Å². The molecule has 0 aliphatic carbocycles. The van der Waals surface area contributed by atoms with E-state index in [0.29, 0.717) is 0 Å². The van der Waals surface area contributed by atoms with Gasteiger partial charge in [-0.15, -0.1) is 0 Å². The van der Waals surface area contributed by atoms with Gasteiger partial charge in [0.25, 0.3) is 0 Å². The van der Waals surface area contributed by atoms with Crippen molar-refractivity contribution in [1.82, 2.24) is 9.80 Å². The Balaban J connectivity index is 0.000000364. The molecule has 0 fully saturated rings. The molecule has 0 radical (unpaired) electrons. The predicted octanol–water partition coefficient (Wildman–Crippen LogP) is 0.653. The lowest BCUT2D eigenvalue weighted by molar-refractivity contribution is 0.293. The van der Waals surface area contributed by atoms with E-state index in [0.717, 1.165) is 6.67 Å². The molecule has 0 aromatic carbocycles. The van der Waals surface area contributed by atoms with E-state index in [-0.39, 0.29) is 0 Å². The Morgan fingerprint density at radius 2 is 1.86 bits per heavy atom. The SMILES string of the molecule is CCCCN1C=CN(C)C1.OP(O)O. The number of hydrogen-bond acceptors (Lipinski definition) is 5. The highest BCUT2D eigenvalue weighted by atomic mass is 31.2. The summed E-state index contributed by atoms with van der Waals surface area (Å²) in [6, 6.07) is 0. The summed E-state index contributed by atoms with van der Waals surface area (Å²) in [7, 11) is -0.521. The van der Waals surface area contributed by atoms with Gasteiger partial charge in [-0.1, -0.05) is 13.3 Å². The average molecular weight is 222 g/mol. The maximum absolute atomic E-state index is 7.23. The Kier molecular flexibility index (Phi) is 7.80. The number of hydrogen-bond donors (Lipinski definition) is 3. The lowest BCUT2D eigenvalue weighted by Gasteiger charge is -2.17. The largest absolute Gasteiger partial charge is 0.362 e. The molecule has 84 valence electrons. The van der Waals surface area contributed by atoms with Crippen molar-refractivity contribution in [2.45, 2.75) is 19.8 Å². The highest BCUT2D eigenvalue weighted by Gasteiger charge is 2.05. The summed E-state index contributed by atoms with van der Waals surface area (Å²) in [4.78, 5) is 26.2. The molecule has 1 rings (SSSR count). The second-order valence-electron chi connectivity index (χ2n) is 3.13. The van der Waals surface area contributed by atoms with Crippen molar-refractivity contribution in [2.24, 2.45) is 0 Å². The van der Waals surface area contributed by atoms with Crippen molar-refractivity contribution in [3.63, 3.8) is 0 Å². The van der Waals surface area contributed by atoms with Crippen LogP contribution in [0.1, 0.15) is 19.8 Å². The van der Waals surface area contributed by atoms with E-state index in [9.17, 15) is 0 Å². The van der Waals surface area contributed by atoms with Crippen molar-refractivity contribution in [1.29, 1.82) is 0 Å². The van der Waals surface area contributed by atoms with Gasteiger partial charge >= 0.3 is 8.60 Å². The van der Waals surface area contributed by atoms with Crippen LogP contribution in [0.3, 0.4) is 0 Å². The minimum atomic E-state index is -2.62. The monoisotopic (exact) mass is 222 g/mol. The Labute approximate surface area is 86.3 Å². The topological polar surface area (TPSA) is 67.2 Å². The first-order valence-corrected chi connectivity index (χ1v) is 5.75. The molecule has 6 heteroatoms. The van der Waals surface area contributed by atoms with Crippen LogP contribution in [0.5, 0.6) is 0 Å². The van der Waals surface area contributed by atoms with Crippen LogP contribution < -0.4 is 0 Å². The van der Waals surface area contributed by atoms with E-state index in [1.807, 2.05) is 0 Å². The standard InChI is InChI=1S/C8H16N2.H3O3P/c1-3-4-5-10-7-6-9(2)8-10;1-4(2)3/h6-7H,3-5,8H2,1-2H3;1-3H. The fourth-order valence-corrected chi connectivity index (χ4v) is 1.10. The molecular weight excluding hydrogens is 203 g/mol. The first-order chi connectivity index (χ1) is 6.56. The molecule has 0 atom stereocenters. The van der Waals surface area contributed by atoms with Crippen molar-refractivity contribution < 1.29 is 14.7 Å². The van der Waals surface area contributed by atoms with Crippen molar-refractivity contribution in [3.8, 4) is 0 Å². The molecule has 0 bridgehead atoms. The molecule has 0 saturated carbocycles. The Bertz CT molecular complexity index is 164. The van der Waals surface area contributed by atoms with Gasteiger partial charge in [0.1, 0.15) is 0 Å². The third-order valence-electron chi connectivity index (χ3n) is 1.74. The van der Waals surface area contributed by atoms with Gasteiger partial charge in [-0.3, -0.25) is 0 Å². The normalized spacial score (nSPS) is 14.7. The van der Waals surface area contributed by atoms with Crippen LogP contribution in [-0.2, 0) is 0 Å². The summed E-state index contributed by atoms with van der Waals surface area (Å²) in [5.74, 6) is 0. The molecule has 0 amide bonds. The minimum Gasteiger partial charge on any atom is -0.362 e. The van der Waals surface area contributed by atoms with Crippen molar-refractivity contribution in [3.05, 3.63) is 12.4 Å². The Morgan fingerprint density at radius 1 is 1.29 bits per heavy atom. The summed E-state index contributed by atoms with van der Waals surface area (Å²) in [6.07, 6.45) is 6.87. The zero-order chi connectivity index (χ0) is 11.0. The fraction of sp³-hybridized carbons (Fsp3) is 0.750. The van der Waals surface area contributed by atoms with Gasteiger partial charge < -0.3 is 24.5 Å². The van der Waals surface area contributed by atoms with Gasteiger partial charge in [-0.05, 0) is 6.42 Å². The molecule has 0 saturated heterocycles. The second kappa shape index (κ2) is 8.00. The summed E-state index contributed by atoms with van der Waals surface area (Å²) in [5.41, 5.74) is 0. The summed E-state index contributed by atoms with van der Waals surface area (Å²) >= 11 is 0. The van der Waals surface area contributed by atoms with Crippen LogP contribution in [0, 0.1) is 0 Å². The third kappa shape index (κ3) is 8.26. The number of nitrogens with zero attached hydrogens (tertiary/aromatic N) is 2. The second-order valence-corrected chi connectivity index (χ2v) is 3.67. The molecule has 3 N–H and O–H groups in total. The maximum atomic E-state index is 7.23. The van der Waals surface area contributed by atoms with Crippen molar-refractivity contribution in [2.75, 3.05) is 20.3 Å². The molecule has 5 nitrogen and oxygen atoms in total. The molecule has 14 heavy (non-hydrogen) atoms. The molecule has 1 aliphatic heterocycles. The lowest BCUT2D eigenvalue weighted by Crippen LogP contribution is -2.23. The predicted molar refractivity (Wildman–Crippen MR) is 57.0 cm³/mol. The van der Waals surface area contributed by atoms with E-state index in [2.05, 4.69) is 36.2 Å². The first kappa shape index (κ1) is 13.7. The average Bonchev–Trinajstić information content (AvgIpc) is 2.47. The molecule has 0 aromatic rings. The molecule has 1 aliphatic rings. The summed E-state index contributed by atoms with van der Waals surface area (Å²) in [5, 5.41) is 0. The van der Waals surface area contributed by atoms with Gasteiger partial charge in [-0.25, -0.2) is 0 Å². The quantitative estimate of drug-likeness (QED) is 0.612. The van der Waals surface area contributed by atoms with Crippen LogP contribution in [0.15, 0.2) is 12.4 Å². The van der Waals surface area contributed by atoms with E-state index < -0.39 is 8.60 Å².